The van der Waals surface area contributed by atoms with Crippen molar-refractivity contribution in [2.24, 2.45) is 0 Å². The maximum atomic E-state index is 5.93. The fourth-order valence-corrected chi connectivity index (χ4v) is 6.35. The van der Waals surface area contributed by atoms with Gasteiger partial charge in [-0.25, -0.2) is 0 Å². The highest BCUT2D eigenvalue weighted by Gasteiger charge is 2.23. The van der Waals surface area contributed by atoms with Crippen molar-refractivity contribution in [3.63, 3.8) is 0 Å². The minimum absolute atomic E-state index is 0.0179. The molecule has 0 fully saturated rings. The van der Waals surface area contributed by atoms with Gasteiger partial charge in [0.05, 0.1) is 0 Å². The Morgan fingerprint density at radius 3 is 1.92 bits per heavy atom. The van der Waals surface area contributed by atoms with Gasteiger partial charge < -0.3 is 8.85 Å². The molecule has 2 atom stereocenters. The normalized spacial score (nSPS) is 17.5. The number of hydrogen-bond donors (Lipinski definition) is 0. The quantitative estimate of drug-likeness (QED) is 0.651. The van der Waals surface area contributed by atoms with E-state index in [2.05, 4.69) is 40.8 Å². The summed E-state index contributed by atoms with van der Waals surface area (Å²) in [6, 6.07) is 0. The maximum Gasteiger partial charge on any atom is 0.190 e. The largest absolute Gasteiger partial charge is 0.421 e. The van der Waals surface area contributed by atoms with Crippen LogP contribution in [0.4, 0.5) is 0 Å². The third-order valence-corrected chi connectivity index (χ3v) is 9.84. The molecule has 0 aliphatic rings. The highest BCUT2D eigenvalue weighted by Crippen LogP contribution is 2.10. The topological polar surface area (TPSA) is 18.5 Å². The van der Waals surface area contributed by atoms with Gasteiger partial charge in [-0.1, -0.05) is 0 Å². The van der Waals surface area contributed by atoms with E-state index in [1.807, 2.05) is 0 Å². The summed E-state index contributed by atoms with van der Waals surface area (Å²) in [4.78, 5) is 0. The fraction of sp³-hybridized carbons (Fsp3) is 1.00. The Kier molecular flexibility index (Phi) is 5.32. The summed E-state index contributed by atoms with van der Waals surface area (Å²) in [5, 5.41) is 0. The summed E-state index contributed by atoms with van der Waals surface area (Å²) < 4.78 is 11.6. The molecule has 0 rings (SSSR count). The second-order valence-corrected chi connectivity index (χ2v) is 13.1. The first-order valence-electron chi connectivity index (χ1n) is 4.66. The Bertz CT molecular complexity index is 123. The van der Waals surface area contributed by atoms with Gasteiger partial charge in [0.2, 0.25) is 0 Å². The van der Waals surface area contributed by atoms with Crippen LogP contribution < -0.4 is 0 Å². The first-order chi connectivity index (χ1) is 5.37. The summed E-state index contributed by atoms with van der Waals surface area (Å²) in [7, 11) is -2.00. The van der Waals surface area contributed by atoms with Crippen LogP contribution in [-0.4, -0.2) is 29.3 Å². The molecule has 0 aliphatic heterocycles. The van der Waals surface area contributed by atoms with Gasteiger partial charge in [-0.15, -0.1) is 0 Å². The zero-order valence-electron chi connectivity index (χ0n) is 9.18. The number of rotatable bonds is 4. The molecule has 2 nitrogen and oxygen atoms in total. The van der Waals surface area contributed by atoms with Crippen LogP contribution in [0.15, 0.2) is 0 Å². The monoisotopic (exact) mass is 206 g/mol. The van der Waals surface area contributed by atoms with Crippen molar-refractivity contribution in [3.05, 3.63) is 0 Å². The van der Waals surface area contributed by atoms with Crippen LogP contribution in [0.1, 0.15) is 27.7 Å². The molecule has 0 aliphatic carbocycles. The molecule has 0 bridgehead atoms. The van der Waals surface area contributed by atoms with E-state index in [4.69, 9.17) is 8.85 Å². The average molecular weight is 206 g/mol. The van der Waals surface area contributed by atoms with Crippen LogP contribution in [0.2, 0.25) is 13.1 Å². The van der Waals surface area contributed by atoms with Gasteiger partial charge in [-0.2, -0.15) is 0 Å². The molecule has 0 aromatic heterocycles. The van der Waals surface area contributed by atoms with E-state index in [1.165, 1.54) is 0 Å². The first kappa shape index (κ1) is 12.4. The summed E-state index contributed by atoms with van der Waals surface area (Å²) in [6.07, 6.45) is 0. The maximum absolute atomic E-state index is 5.93. The second kappa shape index (κ2) is 5.16. The van der Waals surface area contributed by atoms with E-state index in [9.17, 15) is 0 Å². The van der Waals surface area contributed by atoms with E-state index in [-0.39, 0.29) is 5.60 Å². The van der Waals surface area contributed by atoms with Crippen molar-refractivity contribution in [2.45, 2.75) is 46.4 Å². The third-order valence-electron chi connectivity index (χ3n) is 1.63. The van der Waals surface area contributed by atoms with Crippen molar-refractivity contribution >= 4 is 17.1 Å². The molecular weight excluding hydrogens is 184 g/mol. The fourth-order valence-electron chi connectivity index (χ4n) is 1.05. The second-order valence-electron chi connectivity index (χ2n) is 4.10. The SMILES string of the molecule is CCO[Si@H](C)[Si@H](C)OC(C)(C)C. The van der Waals surface area contributed by atoms with Crippen LogP contribution in [0.3, 0.4) is 0 Å². The zero-order chi connectivity index (χ0) is 9.78. The van der Waals surface area contributed by atoms with Crippen LogP contribution in [0.5, 0.6) is 0 Å². The molecule has 0 aromatic carbocycles. The van der Waals surface area contributed by atoms with Gasteiger partial charge in [0.25, 0.3) is 0 Å². The zero-order valence-corrected chi connectivity index (χ0v) is 11.5. The molecule has 0 aromatic rings. The Hall–Kier alpha value is 0.354. The summed E-state index contributed by atoms with van der Waals surface area (Å²) in [6.45, 7) is 13.7. The Balaban J connectivity index is 3.78. The Labute approximate surface area is 79.5 Å². The highest BCUT2D eigenvalue weighted by molar-refractivity contribution is 7.15. The molecule has 0 unspecified atom stereocenters. The van der Waals surface area contributed by atoms with E-state index in [0.29, 0.717) is 0 Å². The van der Waals surface area contributed by atoms with Crippen molar-refractivity contribution in [3.8, 4) is 0 Å². The Morgan fingerprint density at radius 2 is 1.58 bits per heavy atom. The molecule has 0 amide bonds. The lowest BCUT2D eigenvalue weighted by molar-refractivity contribution is 0.133. The Morgan fingerprint density at radius 1 is 1.08 bits per heavy atom. The van der Waals surface area contributed by atoms with Crippen LogP contribution in [-0.2, 0) is 8.85 Å². The first-order valence-corrected chi connectivity index (χ1v) is 10.6. The third kappa shape index (κ3) is 5.94. The molecule has 0 saturated heterocycles. The van der Waals surface area contributed by atoms with Crippen molar-refractivity contribution in [1.82, 2.24) is 0 Å². The lowest BCUT2D eigenvalue weighted by atomic mass is 10.2. The molecule has 12 heavy (non-hydrogen) atoms. The van der Waals surface area contributed by atoms with E-state index in [1.54, 1.807) is 0 Å². The lowest BCUT2D eigenvalue weighted by Gasteiger charge is -2.27. The van der Waals surface area contributed by atoms with Crippen molar-refractivity contribution < 1.29 is 8.85 Å². The smallest absolute Gasteiger partial charge is 0.190 e. The van der Waals surface area contributed by atoms with E-state index < -0.39 is 17.1 Å². The highest BCUT2D eigenvalue weighted by atomic mass is 29.2. The minimum atomic E-state index is -1.02. The molecule has 0 heterocycles. The minimum Gasteiger partial charge on any atom is -0.421 e. The molecular formula is C8H22O2Si2. The van der Waals surface area contributed by atoms with Gasteiger partial charge in [0.15, 0.2) is 17.1 Å². The molecule has 74 valence electrons. The molecule has 4 heteroatoms. The van der Waals surface area contributed by atoms with Gasteiger partial charge in [0.1, 0.15) is 0 Å². The van der Waals surface area contributed by atoms with Crippen LogP contribution >= 0.6 is 0 Å². The van der Waals surface area contributed by atoms with Crippen LogP contribution in [0, 0.1) is 0 Å². The molecule has 0 saturated carbocycles. The van der Waals surface area contributed by atoms with Gasteiger partial charge in [0, 0.05) is 12.2 Å². The van der Waals surface area contributed by atoms with Crippen LogP contribution in [0.25, 0.3) is 0 Å². The molecule has 0 spiro atoms. The average Bonchev–Trinajstić information content (AvgIpc) is 1.84. The van der Waals surface area contributed by atoms with Crippen molar-refractivity contribution in [1.29, 1.82) is 0 Å². The van der Waals surface area contributed by atoms with E-state index >= 15 is 0 Å². The summed E-state index contributed by atoms with van der Waals surface area (Å²) in [5.74, 6) is 0. The van der Waals surface area contributed by atoms with E-state index in [0.717, 1.165) is 6.61 Å². The number of hydrogen-bond acceptors (Lipinski definition) is 2. The van der Waals surface area contributed by atoms with Gasteiger partial charge in [-0.3, -0.25) is 0 Å². The molecule has 0 N–H and O–H groups in total. The predicted molar refractivity (Wildman–Crippen MR) is 58.5 cm³/mol. The standard InChI is InChI=1S/C8H22O2Si2/c1-7-9-11(5)12(6)10-8(2,3)4/h11-12H,7H2,1-6H3/t11-,12+/m0/s1. The summed E-state index contributed by atoms with van der Waals surface area (Å²) in [5.41, 5.74) is 0.0179. The van der Waals surface area contributed by atoms with Crippen molar-refractivity contribution in [2.75, 3.05) is 6.61 Å². The lowest BCUT2D eigenvalue weighted by Crippen LogP contribution is -2.41. The molecule has 0 radical (unpaired) electrons. The predicted octanol–water partition coefficient (Wildman–Crippen LogP) is 1.62. The van der Waals surface area contributed by atoms with Gasteiger partial charge >= 0.3 is 0 Å². The van der Waals surface area contributed by atoms with Gasteiger partial charge in [-0.05, 0) is 40.8 Å². The summed E-state index contributed by atoms with van der Waals surface area (Å²) >= 11 is 0.